The van der Waals surface area contributed by atoms with Gasteiger partial charge >= 0.3 is 11.9 Å². The van der Waals surface area contributed by atoms with Crippen LogP contribution in [0, 0.1) is 0 Å². The largest absolute Gasteiger partial charge is 0.481 e. The van der Waals surface area contributed by atoms with Gasteiger partial charge in [0, 0.05) is 4.90 Å². The van der Waals surface area contributed by atoms with Gasteiger partial charge in [0.2, 0.25) is 0 Å². The molecule has 0 aliphatic rings. The molecule has 0 radical (unpaired) electrons. The Hall–Kier alpha value is -1.69. The van der Waals surface area contributed by atoms with Crippen LogP contribution in [0.25, 0.3) is 0 Å². The SMILES string of the molecule is O=C(O)CS(=O)c1cccc(C(=O)O)c1. The molecule has 0 spiro atoms. The maximum absolute atomic E-state index is 11.4. The molecule has 0 aliphatic heterocycles. The number of carboxylic acids is 2. The fourth-order valence-electron chi connectivity index (χ4n) is 0.966. The van der Waals surface area contributed by atoms with Crippen molar-refractivity contribution in [2.24, 2.45) is 0 Å². The zero-order chi connectivity index (χ0) is 11.4. The van der Waals surface area contributed by atoms with E-state index in [1.54, 1.807) is 0 Å². The first-order valence-corrected chi connectivity index (χ1v) is 5.26. The Labute approximate surface area is 87.8 Å². The van der Waals surface area contributed by atoms with Gasteiger partial charge in [-0.1, -0.05) is 6.07 Å². The van der Waals surface area contributed by atoms with Crippen LogP contribution in [0.2, 0.25) is 0 Å². The third-order valence-electron chi connectivity index (χ3n) is 1.60. The fraction of sp³-hybridized carbons (Fsp3) is 0.111. The molecule has 6 heteroatoms. The Balaban J connectivity index is 2.95. The van der Waals surface area contributed by atoms with Gasteiger partial charge in [0.15, 0.2) is 0 Å². The van der Waals surface area contributed by atoms with Crippen LogP contribution in [0.3, 0.4) is 0 Å². The van der Waals surface area contributed by atoms with Gasteiger partial charge in [0.1, 0.15) is 5.75 Å². The number of rotatable bonds is 4. The smallest absolute Gasteiger partial charge is 0.335 e. The monoisotopic (exact) mass is 228 g/mol. The van der Waals surface area contributed by atoms with Gasteiger partial charge in [-0.2, -0.15) is 0 Å². The molecule has 1 aromatic rings. The van der Waals surface area contributed by atoms with Crippen LogP contribution < -0.4 is 0 Å². The summed E-state index contributed by atoms with van der Waals surface area (Å²) < 4.78 is 11.4. The standard InChI is InChI=1S/C9H8O5S/c10-8(11)5-15(14)7-3-1-2-6(4-7)9(12)13/h1-4H,5H2,(H,10,11)(H,12,13). The van der Waals surface area contributed by atoms with Gasteiger partial charge < -0.3 is 10.2 Å². The van der Waals surface area contributed by atoms with Crippen molar-refractivity contribution in [2.45, 2.75) is 4.90 Å². The first kappa shape index (κ1) is 11.4. The van der Waals surface area contributed by atoms with Crippen molar-refractivity contribution in [1.29, 1.82) is 0 Å². The van der Waals surface area contributed by atoms with Crippen LogP contribution in [-0.2, 0) is 15.6 Å². The average molecular weight is 228 g/mol. The molecule has 0 heterocycles. The third-order valence-corrected chi connectivity index (χ3v) is 2.89. The van der Waals surface area contributed by atoms with E-state index in [-0.39, 0.29) is 10.5 Å². The summed E-state index contributed by atoms with van der Waals surface area (Å²) in [5, 5.41) is 17.1. The molecular weight excluding hydrogens is 220 g/mol. The van der Waals surface area contributed by atoms with Gasteiger partial charge in [-0.3, -0.25) is 9.00 Å². The number of aromatic carboxylic acids is 1. The van der Waals surface area contributed by atoms with E-state index in [0.29, 0.717) is 0 Å². The molecular formula is C9H8O5S. The van der Waals surface area contributed by atoms with E-state index in [1.165, 1.54) is 24.3 Å². The minimum Gasteiger partial charge on any atom is -0.481 e. The van der Waals surface area contributed by atoms with Crippen LogP contribution in [0.1, 0.15) is 10.4 Å². The lowest BCUT2D eigenvalue weighted by Gasteiger charge is -2.00. The van der Waals surface area contributed by atoms with E-state index in [9.17, 15) is 13.8 Å². The van der Waals surface area contributed by atoms with Crippen LogP contribution in [0.5, 0.6) is 0 Å². The summed E-state index contributed by atoms with van der Waals surface area (Å²) >= 11 is 0. The Morgan fingerprint density at radius 2 is 1.93 bits per heavy atom. The van der Waals surface area contributed by atoms with Crippen LogP contribution in [-0.4, -0.2) is 32.1 Å². The molecule has 80 valence electrons. The molecule has 5 nitrogen and oxygen atoms in total. The maximum atomic E-state index is 11.4. The predicted octanol–water partition coefficient (Wildman–Crippen LogP) is 0.577. The Kier molecular flexibility index (Phi) is 3.56. The molecule has 0 saturated carbocycles. The molecule has 0 aromatic heterocycles. The van der Waals surface area contributed by atoms with Crippen molar-refractivity contribution >= 4 is 22.7 Å². The summed E-state index contributed by atoms with van der Waals surface area (Å²) in [5.74, 6) is -2.85. The van der Waals surface area contributed by atoms with E-state index in [2.05, 4.69) is 0 Å². The quantitative estimate of drug-likeness (QED) is 0.786. The minimum absolute atomic E-state index is 0.00811. The van der Waals surface area contributed by atoms with Gasteiger partial charge in [-0.25, -0.2) is 4.79 Å². The van der Waals surface area contributed by atoms with Gasteiger partial charge in [-0.05, 0) is 18.2 Å². The Morgan fingerprint density at radius 3 is 2.47 bits per heavy atom. The van der Waals surface area contributed by atoms with Crippen LogP contribution in [0.15, 0.2) is 29.2 Å². The van der Waals surface area contributed by atoms with Crippen LogP contribution in [0.4, 0.5) is 0 Å². The van der Waals surface area contributed by atoms with Gasteiger partial charge in [-0.15, -0.1) is 0 Å². The molecule has 1 atom stereocenters. The maximum Gasteiger partial charge on any atom is 0.335 e. The molecule has 0 saturated heterocycles. The van der Waals surface area contributed by atoms with E-state index >= 15 is 0 Å². The van der Waals surface area contributed by atoms with Crippen molar-refractivity contribution in [3.8, 4) is 0 Å². The zero-order valence-electron chi connectivity index (χ0n) is 7.54. The van der Waals surface area contributed by atoms with Gasteiger partial charge in [0.05, 0.1) is 16.4 Å². The molecule has 0 amide bonds. The fourth-order valence-corrected chi connectivity index (χ4v) is 1.85. The zero-order valence-corrected chi connectivity index (χ0v) is 8.36. The van der Waals surface area contributed by atoms with E-state index in [1.807, 2.05) is 0 Å². The van der Waals surface area contributed by atoms with Crippen molar-refractivity contribution < 1.29 is 24.0 Å². The predicted molar refractivity (Wildman–Crippen MR) is 52.3 cm³/mol. The second-order valence-corrected chi connectivity index (χ2v) is 4.17. The molecule has 1 unspecified atom stereocenters. The first-order valence-electron chi connectivity index (χ1n) is 3.94. The lowest BCUT2D eigenvalue weighted by Crippen LogP contribution is -2.09. The van der Waals surface area contributed by atoms with Crippen molar-refractivity contribution in [3.05, 3.63) is 29.8 Å². The first-order chi connectivity index (χ1) is 7.00. The van der Waals surface area contributed by atoms with Crippen molar-refractivity contribution in [1.82, 2.24) is 0 Å². The number of carboxylic acid groups (broad SMARTS) is 2. The average Bonchev–Trinajstić information content (AvgIpc) is 2.17. The topological polar surface area (TPSA) is 91.7 Å². The lowest BCUT2D eigenvalue weighted by atomic mass is 10.2. The van der Waals surface area contributed by atoms with Crippen molar-refractivity contribution in [2.75, 3.05) is 5.75 Å². The minimum atomic E-state index is -1.70. The highest BCUT2D eigenvalue weighted by Crippen LogP contribution is 2.10. The summed E-state index contributed by atoms with van der Waals surface area (Å²) in [4.78, 5) is 21.1. The molecule has 0 aliphatic carbocycles. The highest BCUT2D eigenvalue weighted by atomic mass is 32.2. The molecule has 1 rings (SSSR count). The summed E-state index contributed by atoms with van der Waals surface area (Å²) in [6.07, 6.45) is 0. The molecule has 15 heavy (non-hydrogen) atoms. The van der Waals surface area contributed by atoms with E-state index in [4.69, 9.17) is 10.2 Å². The Bertz CT molecular complexity index is 426. The Morgan fingerprint density at radius 1 is 1.27 bits per heavy atom. The van der Waals surface area contributed by atoms with E-state index in [0.717, 1.165) is 0 Å². The molecule has 2 N–H and O–H groups in total. The summed E-state index contributed by atoms with van der Waals surface area (Å²) in [5.41, 5.74) is -0.00811. The lowest BCUT2D eigenvalue weighted by molar-refractivity contribution is -0.133. The van der Waals surface area contributed by atoms with E-state index < -0.39 is 28.5 Å². The number of hydrogen-bond acceptors (Lipinski definition) is 3. The number of aliphatic carboxylic acids is 1. The molecule has 0 fully saturated rings. The second-order valence-electron chi connectivity index (χ2n) is 2.72. The highest BCUT2D eigenvalue weighted by molar-refractivity contribution is 7.85. The highest BCUT2D eigenvalue weighted by Gasteiger charge is 2.11. The summed E-state index contributed by atoms with van der Waals surface area (Å²) in [6, 6.07) is 5.43. The summed E-state index contributed by atoms with van der Waals surface area (Å²) in [6.45, 7) is 0. The number of benzene rings is 1. The molecule has 0 bridgehead atoms. The second kappa shape index (κ2) is 4.70. The van der Waals surface area contributed by atoms with Crippen molar-refractivity contribution in [3.63, 3.8) is 0 Å². The van der Waals surface area contributed by atoms with Crippen LogP contribution >= 0.6 is 0 Å². The summed E-state index contributed by atoms with van der Waals surface area (Å²) in [7, 11) is -1.70. The van der Waals surface area contributed by atoms with Gasteiger partial charge in [0.25, 0.3) is 0 Å². The molecule has 1 aromatic carbocycles. The normalized spacial score (nSPS) is 12.0. The number of hydrogen-bond donors (Lipinski definition) is 2. The third kappa shape index (κ3) is 3.17. The number of carbonyl (C=O) groups is 2.